The number of benzene rings is 3. The van der Waals surface area contributed by atoms with Gasteiger partial charge in [-0.3, -0.25) is 4.79 Å². The number of nitrogens with one attached hydrogen (secondary N) is 1. The fraction of sp³-hybridized carbons (Fsp3) is 0.0417. The molecule has 0 aliphatic heterocycles. The van der Waals surface area contributed by atoms with Gasteiger partial charge < -0.3 is 14.5 Å². The minimum atomic E-state index is -0.343. The molecule has 4 nitrogen and oxygen atoms in total. The molecule has 0 bridgehead atoms. The van der Waals surface area contributed by atoms with Crippen LogP contribution in [0.5, 0.6) is 5.75 Å². The molecule has 1 heterocycles. The Morgan fingerprint density at radius 1 is 0.900 bits per heavy atom. The zero-order chi connectivity index (χ0) is 20.8. The van der Waals surface area contributed by atoms with Gasteiger partial charge in [-0.2, -0.15) is 0 Å². The smallest absolute Gasteiger partial charge is 0.291 e. The van der Waals surface area contributed by atoms with E-state index in [9.17, 15) is 9.18 Å². The summed E-state index contributed by atoms with van der Waals surface area (Å²) in [6, 6.07) is 26.6. The fourth-order valence-corrected chi connectivity index (χ4v) is 3.64. The lowest BCUT2D eigenvalue weighted by molar-refractivity contribution is 0.0992. The molecule has 1 aromatic heterocycles. The second-order valence-corrected chi connectivity index (χ2v) is 7.49. The maximum Gasteiger partial charge on any atom is 0.291 e. The molecule has 0 atom stereocenters. The zero-order valence-electron chi connectivity index (χ0n) is 15.9. The molecule has 6 heteroatoms. The molecule has 30 heavy (non-hydrogen) atoms. The highest BCUT2D eigenvalue weighted by atomic mass is 32.2. The third kappa shape index (κ3) is 5.10. The van der Waals surface area contributed by atoms with Gasteiger partial charge in [-0.05, 0) is 60.7 Å². The van der Waals surface area contributed by atoms with Crippen molar-refractivity contribution >= 4 is 23.4 Å². The Morgan fingerprint density at radius 3 is 2.43 bits per heavy atom. The zero-order valence-corrected chi connectivity index (χ0v) is 16.7. The number of amides is 1. The van der Waals surface area contributed by atoms with E-state index in [2.05, 4.69) is 5.32 Å². The first-order valence-electron chi connectivity index (χ1n) is 9.28. The maximum atomic E-state index is 13.0. The molecule has 0 unspecified atom stereocenters. The molecule has 0 aliphatic rings. The Balaban J connectivity index is 1.40. The molecule has 4 rings (SSSR count). The second kappa shape index (κ2) is 9.33. The number of halogens is 1. The molecule has 0 fully saturated rings. The number of para-hydroxylation sites is 1. The van der Waals surface area contributed by atoms with E-state index in [1.807, 2.05) is 54.6 Å². The number of furan rings is 1. The molecule has 0 spiro atoms. The Hall–Kier alpha value is -3.51. The number of rotatable bonds is 7. The van der Waals surface area contributed by atoms with Crippen LogP contribution in [-0.4, -0.2) is 5.91 Å². The second-order valence-electron chi connectivity index (χ2n) is 6.37. The number of carbonyl (C=O) groups is 1. The highest BCUT2D eigenvalue weighted by Gasteiger charge is 2.14. The summed E-state index contributed by atoms with van der Waals surface area (Å²) in [4.78, 5) is 14.7. The first-order chi connectivity index (χ1) is 14.7. The van der Waals surface area contributed by atoms with Gasteiger partial charge >= 0.3 is 0 Å². The van der Waals surface area contributed by atoms with E-state index in [0.717, 1.165) is 9.79 Å². The number of hydrogen-bond acceptors (Lipinski definition) is 4. The van der Waals surface area contributed by atoms with Crippen molar-refractivity contribution in [3.8, 4) is 5.75 Å². The van der Waals surface area contributed by atoms with Crippen molar-refractivity contribution in [2.75, 3.05) is 5.32 Å². The monoisotopic (exact) mass is 419 g/mol. The van der Waals surface area contributed by atoms with Crippen LogP contribution in [0.2, 0.25) is 0 Å². The average Bonchev–Trinajstić information content (AvgIpc) is 3.25. The van der Waals surface area contributed by atoms with Crippen LogP contribution in [0.25, 0.3) is 0 Å². The van der Waals surface area contributed by atoms with Crippen LogP contribution in [0.1, 0.15) is 16.3 Å². The lowest BCUT2D eigenvalue weighted by Gasteiger charge is -2.10. The predicted molar refractivity (Wildman–Crippen MR) is 114 cm³/mol. The normalized spacial score (nSPS) is 10.6. The summed E-state index contributed by atoms with van der Waals surface area (Å²) in [7, 11) is 0. The number of ether oxygens (including phenoxy) is 1. The molecular formula is C24H18FNO3S. The quantitative estimate of drug-likeness (QED) is 0.376. The summed E-state index contributed by atoms with van der Waals surface area (Å²) in [6.45, 7) is 0.138. The van der Waals surface area contributed by atoms with Crippen molar-refractivity contribution in [2.24, 2.45) is 0 Å². The minimum Gasteiger partial charge on any atom is -0.486 e. The van der Waals surface area contributed by atoms with Gasteiger partial charge in [0.25, 0.3) is 5.91 Å². The molecular weight excluding hydrogens is 401 g/mol. The van der Waals surface area contributed by atoms with E-state index in [0.29, 0.717) is 17.2 Å². The van der Waals surface area contributed by atoms with E-state index in [1.54, 1.807) is 23.9 Å². The molecule has 0 radical (unpaired) electrons. The van der Waals surface area contributed by atoms with Gasteiger partial charge in [0.1, 0.15) is 23.9 Å². The van der Waals surface area contributed by atoms with Crippen molar-refractivity contribution in [3.05, 3.63) is 108 Å². The number of anilines is 1. The summed E-state index contributed by atoms with van der Waals surface area (Å²) < 4.78 is 24.1. The fourth-order valence-electron chi connectivity index (χ4n) is 2.72. The molecule has 1 amide bonds. The minimum absolute atomic E-state index is 0.138. The Labute approximate surface area is 177 Å². The Kier molecular flexibility index (Phi) is 6.15. The third-order valence-electron chi connectivity index (χ3n) is 4.19. The molecule has 150 valence electrons. The first kappa shape index (κ1) is 19.8. The average molecular weight is 419 g/mol. The van der Waals surface area contributed by atoms with E-state index >= 15 is 0 Å². The largest absolute Gasteiger partial charge is 0.486 e. The van der Waals surface area contributed by atoms with Crippen molar-refractivity contribution in [1.29, 1.82) is 0 Å². The summed E-state index contributed by atoms with van der Waals surface area (Å²) in [5, 5.41) is 2.90. The summed E-state index contributed by atoms with van der Waals surface area (Å²) in [6.07, 6.45) is 0. The van der Waals surface area contributed by atoms with Crippen molar-refractivity contribution in [2.45, 2.75) is 16.4 Å². The molecule has 4 aromatic rings. The van der Waals surface area contributed by atoms with Crippen LogP contribution in [0.4, 0.5) is 10.1 Å². The van der Waals surface area contributed by atoms with Crippen LogP contribution >= 0.6 is 11.8 Å². The standard InChI is InChI=1S/C24H18FNO3S/c25-17-10-12-18(13-11-17)28-16-19-14-15-22(29-19)24(27)26-21-8-4-5-9-23(21)30-20-6-2-1-3-7-20/h1-15H,16H2,(H,26,27). The molecule has 3 aromatic carbocycles. The SMILES string of the molecule is O=C(Nc1ccccc1Sc1ccccc1)c1ccc(COc2ccc(F)cc2)o1. The van der Waals surface area contributed by atoms with Crippen LogP contribution in [0.3, 0.4) is 0 Å². The van der Waals surface area contributed by atoms with E-state index in [1.165, 1.54) is 24.3 Å². The van der Waals surface area contributed by atoms with Crippen LogP contribution in [0, 0.1) is 5.82 Å². The molecule has 1 N–H and O–H groups in total. The van der Waals surface area contributed by atoms with Gasteiger partial charge in [-0.25, -0.2) is 4.39 Å². The van der Waals surface area contributed by atoms with Crippen molar-refractivity contribution in [3.63, 3.8) is 0 Å². The number of carbonyl (C=O) groups excluding carboxylic acids is 1. The highest BCUT2D eigenvalue weighted by molar-refractivity contribution is 7.99. The van der Waals surface area contributed by atoms with Gasteiger partial charge in [0.05, 0.1) is 5.69 Å². The van der Waals surface area contributed by atoms with Gasteiger partial charge in [0, 0.05) is 9.79 Å². The summed E-state index contributed by atoms with van der Waals surface area (Å²) in [5.41, 5.74) is 0.705. The van der Waals surface area contributed by atoms with Crippen molar-refractivity contribution in [1.82, 2.24) is 0 Å². The summed E-state index contributed by atoms with van der Waals surface area (Å²) >= 11 is 1.57. The first-order valence-corrected chi connectivity index (χ1v) is 10.1. The Morgan fingerprint density at radius 2 is 1.63 bits per heavy atom. The maximum absolute atomic E-state index is 13.0. The topological polar surface area (TPSA) is 51.5 Å². The lowest BCUT2D eigenvalue weighted by atomic mass is 10.3. The molecule has 0 saturated carbocycles. The molecule has 0 saturated heterocycles. The van der Waals surface area contributed by atoms with Gasteiger partial charge in [-0.1, -0.05) is 42.1 Å². The highest BCUT2D eigenvalue weighted by Crippen LogP contribution is 2.33. The van der Waals surface area contributed by atoms with Crippen molar-refractivity contribution < 1.29 is 18.3 Å². The third-order valence-corrected chi connectivity index (χ3v) is 5.27. The van der Waals surface area contributed by atoms with Crippen LogP contribution in [0.15, 0.2) is 105 Å². The van der Waals surface area contributed by atoms with Crippen LogP contribution < -0.4 is 10.1 Å². The van der Waals surface area contributed by atoms with Gasteiger partial charge in [0.15, 0.2) is 5.76 Å². The number of hydrogen-bond donors (Lipinski definition) is 1. The van der Waals surface area contributed by atoms with E-state index in [4.69, 9.17) is 9.15 Å². The van der Waals surface area contributed by atoms with E-state index < -0.39 is 0 Å². The van der Waals surface area contributed by atoms with Gasteiger partial charge in [-0.15, -0.1) is 0 Å². The predicted octanol–water partition coefficient (Wildman–Crippen LogP) is 6.40. The molecule has 0 aliphatic carbocycles. The van der Waals surface area contributed by atoms with E-state index in [-0.39, 0.29) is 24.1 Å². The van der Waals surface area contributed by atoms with Crippen LogP contribution in [-0.2, 0) is 6.61 Å². The van der Waals surface area contributed by atoms with Gasteiger partial charge in [0.2, 0.25) is 0 Å². The lowest BCUT2D eigenvalue weighted by Crippen LogP contribution is -2.11. The Bertz CT molecular complexity index is 1130. The summed E-state index contributed by atoms with van der Waals surface area (Å²) in [5.74, 6) is 0.531.